The Bertz CT molecular complexity index is 340. The average Bonchev–Trinajstić information content (AvgIpc) is 1.85. The second kappa shape index (κ2) is 2.65. The Morgan fingerprint density at radius 2 is 2.36 bits per heavy atom. The summed E-state index contributed by atoms with van der Waals surface area (Å²) < 4.78 is 0. The Morgan fingerprint density at radius 3 is 2.73 bits per heavy atom. The summed E-state index contributed by atoms with van der Waals surface area (Å²) in [5, 5.41) is 7.26. The van der Waals surface area contributed by atoms with Gasteiger partial charge in [-0.3, -0.25) is 4.79 Å². The summed E-state index contributed by atoms with van der Waals surface area (Å²) in [4.78, 5) is 17.3. The number of aromatic amines is 1. The van der Waals surface area contributed by atoms with Crippen molar-refractivity contribution in [2.24, 2.45) is 0 Å². The lowest BCUT2D eigenvalue weighted by Gasteiger charge is -1.98. The molecule has 1 heterocycles. The van der Waals surface area contributed by atoms with E-state index in [1.807, 2.05) is 0 Å². The van der Waals surface area contributed by atoms with E-state index in [0.717, 1.165) is 0 Å². The highest BCUT2D eigenvalue weighted by atomic mass is 16.1. The zero-order valence-corrected chi connectivity index (χ0v) is 6.43. The van der Waals surface area contributed by atoms with Crippen LogP contribution in [0.1, 0.15) is 18.2 Å². The van der Waals surface area contributed by atoms with Crippen LogP contribution in [0, 0.1) is 12.3 Å². The van der Waals surface area contributed by atoms with Crippen LogP contribution in [0.2, 0.25) is 0 Å². The van der Waals surface area contributed by atoms with Gasteiger partial charge in [-0.05, 0) is 13.8 Å². The number of hydrogen-bond acceptors (Lipinski definition) is 3. The van der Waals surface area contributed by atoms with Crippen LogP contribution >= 0.6 is 0 Å². The number of H-pyrrole nitrogens is 1. The number of aromatic nitrogens is 2. The predicted octanol–water partition coefficient (Wildman–Crippen LogP) is 0.466. The third kappa shape index (κ3) is 1.34. The normalized spacial score (nSPS) is 9.64. The first-order valence-corrected chi connectivity index (χ1v) is 3.22. The molecule has 0 aliphatic carbocycles. The molecular weight excluding hydrogens is 142 g/mol. The Kier molecular flexibility index (Phi) is 1.85. The van der Waals surface area contributed by atoms with Crippen LogP contribution in [0.5, 0.6) is 0 Å². The van der Waals surface area contributed by atoms with Crippen molar-refractivity contribution in [2.45, 2.75) is 13.8 Å². The summed E-state index contributed by atoms with van der Waals surface area (Å²) in [6.07, 6.45) is 1.34. The molecule has 0 aromatic carbocycles. The summed E-state index contributed by atoms with van der Waals surface area (Å²) >= 11 is 0. The minimum Gasteiger partial charge on any atom is -0.313 e. The van der Waals surface area contributed by atoms with E-state index in [9.17, 15) is 4.79 Å². The number of nitrogens with zero attached hydrogens (tertiary/aromatic N) is 1. The van der Waals surface area contributed by atoms with Gasteiger partial charge in [0.25, 0.3) is 5.56 Å². The molecule has 1 aromatic rings. The lowest BCUT2D eigenvalue weighted by atomic mass is 10.2. The molecule has 0 fully saturated rings. The molecule has 0 bridgehead atoms. The molecule has 1 aromatic heterocycles. The largest absolute Gasteiger partial charge is 0.313 e. The third-order valence-corrected chi connectivity index (χ3v) is 1.42. The molecule has 2 N–H and O–H groups in total. The fourth-order valence-corrected chi connectivity index (χ4v) is 0.930. The van der Waals surface area contributed by atoms with E-state index in [4.69, 9.17) is 5.41 Å². The fourth-order valence-electron chi connectivity index (χ4n) is 0.930. The lowest BCUT2D eigenvalue weighted by molar-refractivity contribution is 1.05. The van der Waals surface area contributed by atoms with Crippen molar-refractivity contribution in [3.63, 3.8) is 0 Å². The Hall–Kier alpha value is -1.45. The SMILES string of the molecule is CC(=N)c1c(C)nc[nH]c1=O. The smallest absolute Gasteiger partial charge is 0.260 e. The monoisotopic (exact) mass is 151 g/mol. The quantitative estimate of drug-likeness (QED) is 0.572. The third-order valence-electron chi connectivity index (χ3n) is 1.42. The lowest BCUT2D eigenvalue weighted by Crippen LogP contribution is -2.18. The first kappa shape index (κ1) is 7.65. The number of nitrogens with one attached hydrogen (secondary N) is 2. The highest BCUT2D eigenvalue weighted by Crippen LogP contribution is 1.95. The summed E-state index contributed by atoms with van der Waals surface area (Å²) in [7, 11) is 0. The fraction of sp³-hybridized carbons (Fsp3) is 0.286. The predicted molar refractivity (Wildman–Crippen MR) is 42.1 cm³/mol. The Labute approximate surface area is 63.8 Å². The van der Waals surface area contributed by atoms with Crippen molar-refractivity contribution in [2.75, 3.05) is 0 Å². The van der Waals surface area contributed by atoms with E-state index in [1.165, 1.54) is 6.33 Å². The van der Waals surface area contributed by atoms with Crippen molar-refractivity contribution in [1.82, 2.24) is 9.97 Å². The minimum atomic E-state index is -0.245. The Morgan fingerprint density at radius 1 is 1.73 bits per heavy atom. The van der Waals surface area contributed by atoms with E-state index < -0.39 is 0 Å². The first-order chi connectivity index (χ1) is 5.13. The van der Waals surface area contributed by atoms with Crippen LogP contribution in [0.4, 0.5) is 0 Å². The molecule has 1 rings (SSSR count). The highest BCUT2D eigenvalue weighted by molar-refractivity contribution is 5.96. The van der Waals surface area contributed by atoms with Gasteiger partial charge in [0, 0.05) is 5.71 Å². The maximum absolute atomic E-state index is 11.0. The van der Waals surface area contributed by atoms with Gasteiger partial charge < -0.3 is 10.4 Å². The van der Waals surface area contributed by atoms with Gasteiger partial charge >= 0.3 is 0 Å². The summed E-state index contributed by atoms with van der Waals surface area (Å²) in [6, 6.07) is 0. The van der Waals surface area contributed by atoms with Crippen LogP contribution in [0.25, 0.3) is 0 Å². The van der Waals surface area contributed by atoms with Gasteiger partial charge in [-0.25, -0.2) is 4.98 Å². The highest BCUT2D eigenvalue weighted by Gasteiger charge is 2.05. The minimum absolute atomic E-state index is 0.245. The molecule has 0 radical (unpaired) electrons. The van der Waals surface area contributed by atoms with Crippen molar-refractivity contribution >= 4 is 5.71 Å². The van der Waals surface area contributed by atoms with E-state index >= 15 is 0 Å². The van der Waals surface area contributed by atoms with Crippen molar-refractivity contribution in [3.8, 4) is 0 Å². The van der Waals surface area contributed by atoms with E-state index in [1.54, 1.807) is 13.8 Å². The molecule has 4 nitrogen and oxygen atoms in total. The van der Waals surface area contributed by atoms with E-state index in [0.29, 0.717) is 11.3 Å². The van der Waals surface area contributed by atoms with Crippen molar-refractivity contribution < 1.29 is 0 Å². The molecule has 11 heavy (non-hydrogen) atoms. The number of rotatable bonds is 1. The van der Waals surface area contributed by atoms with Gasteiger partial charge in [0.05, 0.1) is 17.6 Å². The van der Waals surface area contributed by atoms with Gasteiger partial charge in [0.1, 0.15) is 0 Å². The Balaban J connectivity index is 3.45. The molecule has 0 aliphatic rings. The van der Waals surface area contributed by atoms with E-state index in [-0.39, 0.29) is 11.3 Å². The molecule has 0 amide bonds. The van der Waals surface area contributed by atoms with Gasteiger partial charge in [-0.15, -0.1) is 0 Å². The zero-order valence-electron chi connectivity index (χ0n) is 6.43. The maximum Gasteiger partial charge on any atom is 0.260 e. The van der Waals surface area contributed by atoms with E-state index in [2.05, 4.69) is 9.97 Å². The second-order valence-electron chi connectivity index (χ2n) is 2.32. The molecule has 0 saturated carbocycles. The number of hydrogen-bond donors (Lipinski definition) is 2. The second-order valence-corrected chi connectivity index (χ2v) is 2.32. The molecular formula is C7H9N3O. The number of aryl methyl sites for hydroxylation is 1. The van der Waals surface area contributed by atoms with Gasteiger partial charge in [0.2, 0.25) is 0 Å². The maximum atomic E-state index is 11.0. The molecule has 0 unspecified atom stereocenters. The van der Waals surface area contributed by atoms with Gasteiger partial charge in [0.15, 0.2) is 0 Å². The van der Waals surface area contributed by atoms with Crippen LogP contribution in [-0.4, -0.2) is 15.7 Å². The summed E-state index contributed by atoms with van der Waals surface area (Å²) in [5.41, 5.74) is 0.968. The van der Waals surface area contributed by atoms with Gasteiger partial charge in [-0.2, -0.15) is 0 Å². The molecule has 58 valence electrons. The van der Waals surface area contributed by atoms with Crippen molar-refractivity contribution in [1.29, 1.82) is 5.41 Å². The first-order valence-electron chi connectivity index (χ1n) is 3.22. The molecule has 0 saturated heterocycles. The summed E-state index contributed by atoms with van der Waals surface area (Å²) in [6.45, 7) is 3.28. The molecule has 0 atom stereocenters. The molecule has 0 spiro atoms. The van der Waals surface area contributed by atoms with Gasteiger partial charge in [-0.1, -0.05) is 0 Å². The summed E-state index contributed by atoms with van der Waals surface area (Å²) in [5.74, 6) is 0. The zero-order chi connectivity index (χ0) is 8.43. The standard InChI is InChI=1S/C7H9N3O/c1-4(8)6-5(2)9-3-10-7(6)11/h3,8H,1-2H3,(H,9,10,11). The molecule has 4 heteroatoms. The van der Waals surface area contributed by atoms with Crippen LogP contribution < -0.4 is 5.56 Å². The molecule has 0 aliphatic heterocycles. The van der Waals surface area contributed by atoms with Crippen LogP contribution in [0.3, 0.4) is 0 Å². The van der Waals surface area contributed by atoms with Crippen LogP contribution in [0.15, 0.2) is 11.1 Å². The average molecular weight is 151 g/mol. The van der Waals surface area contributed by atoms with Crippen molar-refractivity contribution in [3.05, 3.63) is 27.9 Å². The van der Waals surface area contributed by atoms with Crippen LogP contribution in [-0.2, 0) is 0 Å². The topological polar surface area (TPSA) is 69.6 Å².